The first-order chi connectivity index (χ1) is 16.7. The number of carbonyl (C=O) groups excluding carboxylic acids is 1. The summed E-state index contributed by atoms with van der Waals surface area (Å²) in [6.07, 6.45) is 1.28. The van der Waals surface area contributed by atoms with Gasteiger partial charge in [0.15, 0.2) is 5.69 Å². The highest BCUT2D eigenvalue weighted by molar-refractivity contribution is 6.42. The summed E-state index contributed by atoms with van der Waals surface area (Å²) in [5.74, 6) is -0.626. The quantitative estimate of drug-likeness (QED) is 0.202. The van der Waals surface area contributed by atoms with Gasteiger partial charge in [0.2, 0.25) is 0 Å². The van der Waals surface area contributed by atoms with Gasteiger partial charge in [-0.2, -0.15) is 5.10 Å². The molecule has 3 N–H and O–H groups in total. The standard InChI is InChI=1S/C22H14Cl2N6O5/c23-14-3-1-12(9-15(14)24)20(31)18(28-29-21(32)11-5-7-25-8-6-11)19-22(33)27-17-10-13(30(34)35)2-4-16(17)26-19/h1-10,20,31H,(H,27,33)(H,29,32)/b28-18-. The molecule has 2 aromatic carbocycles. The zero-order valence-electron chi connectivity index (χ0n) is 17.5. The lowest BCUT2D eigenvalue weighted by molar-refractivity contribution is -0.384. The number of hydrogen-bond acceptors (Lipinski definition) is 8. The van der Waals surface area contributed by atoms with Gasteiger partial charge in [0.25, 0.3) is 17.2 Å². The van der Waals surface area contributed by atoms with E-state index in [1.807, 2.05) is 0 Å². The molecular weight excluding hydrogens is 499 g/mol. The Bertz CT molecular complexity index is 1540. The van der Waals surface area contributed by atoms with Gasteiger partial charge in [0, 0.05) is 30.1 Å². The Kier molecular flexibility index (Phi) is 6.82. The van der Waals surface area contributed by atoms with E-state index in [9.17, 15) is 24.8 Å². The SMILES string of the molecule is O=C(N/N=C(/c1nc2ccc([N+](=O)[O-])cc2[nH]c1=O)C(O)c1ccc(Cl)c(Cl)c1)c1ccncc1. The molecule has 0 spiro atoms. The fourth-order valence-corrected chi connectivity index (χ4v) is 3.43. The van der Waals surface area contributed by atoms with Crippen molar-refractivity contribution in [1.82, 2.24) is 20.4 Å². The number of aliphatic hydroxyl groups is 1. The highest BCUT2D eigenvalue weighted by atomic mass is 35.5. The number of halogens is 2. The molecule has 0 bridgehead atoms. The lowest BCUT2D eigenvalue weighted by atomic mass is 10.0. The number of carbonyl (C=O) groups is 1. The second kappa shape index (κ2) is 9.97. The number of aromatic nitrogens is 3. The maximum Gasteiger partial charge on any atom is 0.276 e. The maximum atomic E-state index is 12.9. The van der Waals surface area contributed by atoms with Crippen molar-refractivity contribution in [1.29, 1.82) is 0 Å². The van der Waals surface area contributed by atoms with Crippen molar-refractivity contribution in [2.24, 2.45) is 5.10 Å². The van der Waals surface area contributed by atoms with E-state index in [0.717, 1.165) is 6.07 Å². The van der Waals surface area contributed by atoms with E-state index in [2.05, 4.69) is 25.5 Å². The van der Waals surface area contributed by atoms with Crippen LogP contribution in [0.25, 0.3) is 11.0 Å². The third-order valence-corrected chi connectivity index (χ3v) is 5.61. The van der Waals surface area contributed by atoms with Crippen LogP contribution in [0.3, 0.4) is 0 Å². The molecule has 2 aromatic heterocycles. The van der Waals surface area contributed by atoms with Crippen molar-refractivity contribution in [3.05, 3.63) is 108 Å². The molecule has 11 nitrogen and oxygen atoms in total. The van der Waals surface area contributed by atoms with Crippen LogP contribution in [0.2, 0.25) is 10.0 Å². The van der Waals surface area contributed by atoms with Crippen molar-refractivity contribution in [2.45, 2.75) is 6.10 Å². The van der Waals surface area contributed by atoms with E-state index in [-0.39, 0.29) is 49.3 Å². The summed E-state index contributed by atoms with van der Waals surface area (Å²) < 4.78 is 0. The van der Waals surface area contributed by atoms with Crippen molar-refractivity contribution < 1.29 is 14.8 Å². The van der Waals surface area contributed by atoms with E-state index in [0.29, 0.717) is 0 Å². The number of nitrogens with one attached hydrogen (secondary N) is 2. The number of amides is 1. The largest absolute Gasteiger partial charge is 0.382 e. The van der Waals surface area contributed by atoms with Gasteiger partial charge in [0.05, 0.1) is 26.0 Å². The minimum absolute atomic E-state index is 0.108. The summed E-state index contributed by atoms with van der Waals surface area (Å²) in [6, 6.07) is 10.9. The van der Waals surface area contributed by atoms with E-state index < -0.39 is 22.5 Å². The van der Waals surface area contributed by atoms with Crippen LogP contribution < -0.4 is 11.0 Å². The minimum atomic E-state index is -1.55. The number of pyridine rings is 1. The van der Waals surface area contributed by atoms with Crippen LogP contribution in [-0.2, 0) is 0 Å². The summed E-state index contributed by atoms with van der Waals surface area (Å²) in [7, 11) is 0. The summed E-state index contributed by atoms with van der Waals surface area (Å²) in [5.41, 5.74) is 1.40. The van der Waals surface area contributed by atoms with Crippen LogP contribution in [0.5, 0.6) is 0 Å². The molecule has 4 aromatic rings. The number of benzene rings is 2. The van der Waals surface area contributed by atoms with Crippen LogP contribution in [0, 0.1) is 10.1 Å². The molecule has 0 aliphatic carbocycles. The van der Waals surface area contributed by atoms with Crippen LogP contribution in [0.15, 0.2) is 70.8 Å². The van der Waals surface area contributed by atoms with Gasteiger partial charge in [-0.3, -0.25) is 24.7 Å². The minimum Gasteiger partial charge on any atom is -0.382 e. The first kappa shape index (κ1) is 24.0. The number of nitrogens with zero attached hydrogens (tertiary/aromatic N) is 4. The van der Waals surface area contributed by atoms with Crippen LogP contribution >= 0.6 is 23.2 Å². The summed E-state index contributed by atoms with van der Waals surface area (Å²) in [4.78, 5) is 46.4. The molecule has 1 atom stereocenters. The molecule has 0 fully saturated rings. The molecule has 35 heavy (non-hydrogen) atoms. The van der Waals surface area contributed by atoms with Crippen LogP contribution in [-0.4, -0.2) is 36.6 Å². The highest BCUT2D eigenvalue weighted by Crippen LogP contribution is 2.27. The number of aromatic amines is 1. The third kappa shape index (κ3) is 5.17. The van der Waals surface area contributed by atoms with Gasteiger partial charge in [0.1, 0.15) is 11.8 Å². The van der Waals surface area contributed by atoms with Gasteiger partial charge in [-0.25, -0.2) is 10.4 Å². The third-order valence-electron chi connectivity index (χ3n) is 4.87. The van der Waals surface area contributed by atoms with E-state index >= 15 is 0 Å². The number of aliphatic hydroxyl groups excluding tert-OH is 1. The van der Waals surface area contributed by atoms with Crippen molar-refractivity contribution >= 4 is 51.5 Å². The molecule has 4 rings (SSSR count). The van der Waals surface area contributed by atoms with Gasteiger partial charge in [-0.15, -0.1) is 0 Å². The fourth-order valence-electron chi connectivity index (χ4n) is 3.12. The molecule has 0 aliphatic heterocycles. The fraction of sp³-hybridized carbons (Fsp3) is 0.0455. The molecular formula is C22H14Cl2N6O5. The Labute approximate surface area is 206 Å². The van der Waals surface area contributed by atoms with Gasteiger partial charge in [-0.05, 0) is 35.9 Å². The normalized spacial score (nSPS) is 12.4. The number of hydrogen-bond donors (Lipinski definition) is 3. The summed E-state index contributed by atoms with van der Waals surface area (Å²) in [5, 5.41) is 26.5. The molecule has 0 aliphatic rings. The van der Waals surface area contributed by atoms with Crippen LogP contribution in [0.1, 0.15) is 27.7 Å². The van der Waals surface area contributed by atoms with E-state index in [1.54, 1.807) is 0 Å². The van der Waals surface area contributed by atoms with Crippen molar-refractivity contribution in [3.63, 3.8) is 0 Å². The Balaban J connectivity index is 1.82. The zero-order chi connectivity index (χ0) is 25.1. The molecule has 0 saturated carbocycles. The summed E-state index contributed by atoms with van der Waals surface area (Å²) >= 11 is 12.0. The second-order valence-electron chi connectivity index (χ2n) is 7.12. The van der Waals surface area contributed by atoms with Crippen molar-refractivity contribution in [3.8, 4) is 0 Å². The number of hydrazone groups is 1. The van der Waals surface area contributed by atoms with Crippen LogP contribution in [0.4, 0.5) is 5.69 Å². The molecule has 1 amide bonds. The lowest BCUT2D eigenvalue weighted by Crippen LogP contribution is -2.29. The first-order valence-electron chi connectivity index (χ1n) is 9.84. The predicted molar refractivity (Wildman–Crippen MR) is 129 cm³/mol. The van der Waals surface area contributed by atoms with Gasteiger partial charge < -0.3 is 10.1 Å². The monoisotopic (exact) mass is 512 g/mol. The second-order valence-corrected chi connectivity index (χ2v) is 7.94. The Morgan fingerprint density at radius 1 is 1.11 bits per heavy atom. The zero-order valence-corrected chi connectivity index (χ0v) is 19.0. The summed E-state index contributed by atoms with van der Waals surface area (Å²) in [6.45, 7) is 0. The van der Waals surface area contributed by atoms with E-state index in [1.165, 1.54) is 54.9 Å². The Morgan fingerprint density at radius 3 is 2.54 bits per heavy atom. The Morgan fingerprint density at radius 2 is 1.86 bits per heavy atom. The number of fused-ring (bicyclic) bond motifs is 1. The van der Waals surface area contributed by atoms with E-state index in [4.69, 9.17) is 23.2 Å². The molecule has 176 valence electrons. The molecule has 0 saturated heterocycles. The lowest BCUT2D eigenvalue weighted by Gasteiger charge is -2.15. The number of nitro groups is 1. The molecule has 1 unspecified atom stereocenters. The number of nitro benzene ring substituents is 1. The maximum absolute atomic E-state index is 12.9. The first-order valence-corrected chi connectivity index (χ1v) is 10.6. The number of H-pyrrole nitrogens is 1. The Hall–Kier alpha value is -4.19. The smallest absolute Gasteiger partial charge is 0.276 e. The van der Waals surface area contributed by atoms with Crippen molar-refractivity contribution in [2.75, 3.05) is 0 Å². The average Bonchev–Trinajstić information content (AvgIpc) is 2.85. The molecule has 2 heterocycles. The van der Waals surface area contributed by atoms with Gasteiger partial charge >= 0.3 is 0 Å². The molecule has 13 heteroatoms. The average molecular weight is 513 g/mol. The predicted octanol–water partition coefficient (Wildman–Crippen LogP) is 3.40. The highest BCUT2D eigenvalue weighted by Gasteiger charge is 2.24. The topological polar surface area (TPSA) is 163 Å². The number of non-ortho nitro benzene ring substituents is 1. The number of rotatable bonds is 6. The van der Waals surface area contributed by atoms with Gasteiger partial charge in [-0.1, -0.05) is 29.3 Å². The molecule has 0 radical (unpaired) electrons.